The van der Waals surface area contributed by atoms with Crippen LogP contribution in [0.4, 0.5) is 0 Å². The van der Waals surface area contributed by atoms with Crippen LogP contribution in [0.15, 0.2) is 10.6 Å². The minimum absolute atomic E-state index is 0.125. The van der Waals surface area contributed by atoms with Gasteiger partial charge in [0.2, 0.25) is 5.89 Å². The molecule has 10 heavy (non-hydrogen) atoms. The van der Waals surface area contributed by atoms with Crippen molar-refractivity contribution in [1.29, 1.82) is 0 Å². The molecule has 0 saturated carbocycles. The van der Waals surface area contributed by atoms with Crippen LogP contribution in [0.3, 0.4) is 0 Å². The van der Waals surface area contributed by atoms with Gasteiger partial charge in [0.05, 0.1) is 6.20 Å². The molecule has 1 aromatic rings. The monoisotopic (exact) mass is 159 g/mol. The van der Waals surface area contributed by atoms with Crippen molar-refractivity contribution in [3.8, 4) is 0 Å². The fourth-order valence-corrected chi connectivity index (χ4v) is 0.771. The van der Waals surface area contributed by atoms with E-state index in [-0.39, 0.29) is 5.38 Å². The first-order valence-corrected chi connectivity index (χ1v) is 3.76. The summed E-state index contributed by atoms with van der Waals surface area (Å²) < 4.78 is 5.25. The Bertz CT molecular complexity index is 207. The number of hydrogen-bond acceptors (Lipinski definition) is 2. The molecule has 0 amide bonds. The van der Waals surface area contributed by atoms with E-state index in [0.29, 0.717) is 5.89 Å². The van der Waals surface area contributed by atoms with Crippen molar-refractivity contribution >= 4 is 11.6 Å². The molecule has 56 valence electrons. The standard InChI is InChI=1S/C7H10ClNO/c1-3-6-4-9-7(10-6)5(2)8/h4-5H,3H2,1-2H3. The summed E-state index contributed by atoms with van der Waals surface area (Å²) in [7, 11) is 0. The zero-order valence-electron chi connectivity index (χ0n) is 6.10. The number of nitrogens with zero attached hydrogens (tertiary/aromatic N) is 1. The Morgan fingerprint density at radius 2 is 2.50 bits per heavy atom. The summed E-state index contributed by atoms with van der Waals surface area (Å²) in [6.45, 7) is 3.86. The molecule has 1 unspecified atom stereocenters. The summed E-state index contributed by atoms with van der Waals surface area (Å²) in [5, 5.41) is -0.125. The highest BCUT2D eigenvalue weighted by molar-refractivity contribution is 6.20. The Morgan fingerprint density at radius 3 is 2.80 bits per heavy atom. The quantitative estimate of drug-likeness (QED) is 0.620. The Kier molecular flexibility index (Phi) is 2.33. The fourth-order valence-electron chi connectivity index (χ4n) is 0.670. The first-order chi connectivity index (χ1) is 4.74. The topological polar surface area (TPSA) is 26.0 Å². The van der Waals surface area contributed by atoms with E-state index >= 15 is 0 Å². The third-order valence-corrected chi connectivity index (χ3v) is 1.45. The summed E-state index contributed by atoms with van der Waals surface area (Å²) in [6, 6.07) is 0. The van der Waals surface area contributed by atoms with Crippen LogP contribution < -0.4 is 0 Å². The van der Waals surface area contributed by atoms with Crippen molar-refractivity contribution in [2.24, 2.45) is 0 Å². The van der Waals surface area contributed by atoms with Crippen LogP contribution in [0.2, 0.25) is 0 Å². The maximum atomic E-state index is 5.72. The molecule has 0 saturated heterocycles. The number of aromatic nitrogens is 1. The van der Waals surface area contributed by atoms with Crippen molar-refractivity contribution in [3.05, 3.63) is 17.8 Å². The number of hydrogen-bond donors (Lipinski definition) is 0. The van der Waals surface area contributed by atoms with Gasteiger partial charge in [-0.2, -0.15) is 0 Å². The Morgan fingerprint density at radius 1 is 1.80 bits per heavy atom. The lowest BCUT2D eigenvalue weighted by Crippen LogP contribution is -1.80. The van der Waals surface area contributed by atoms with Crippen molar-refractivity contribution in [3.63, 3.8) is 0 Å². The lowest BCUT2D eigenvalue weighted by Gasteiger charge is -1.92. The van der Waals surface area contributed by atoms with Gasteiger partial charge < -0.3 is 4.42 Å². The van der Waals surface area contributed by atoms with E-state index in [1.807, 2.05) is 13.8 Å². The second-order valence-corrected chi connectivity index (χ2v) is 2.79. The molecule has 0 radical (unpaired) electrons. The molecule has 0 spiro atoms. The lowest BCUT2D eigenvalue weighted by atomic mass is 10.4. The SMILES string of the molecule is CCc1cnc(C(C)Cl)o1. The summed E-state index contributed by atoms with van der Waals surface area (Å²) >= 11 is 5.72. The van der Waals surface area contributed by atoms with E-state index < -0.39 is 0 Å². The molecule has 2 nitrogen and oxygen atoms in total. The van der Waals surface area contributed by atoms with Gasteiger partial charge in [-0.25, -0.2) is 4.98 Å². The largest absolute Gasteiger partial charge is 0.444 e. The second kappa shape index (κ2) is 3.06. The Labute approximate surface area is 65.2 Å². The van der Waals surface area contributed by atoms with Crippen molar-refractivity contribution in [1.82, 2.24) is 4.98 Å². The van der Waals surface area contributed by atoms with Gasteiger partial charge in [0.1, 0.15) is 11.1 Å². The van der Waals surface area contributed by atoms with Gasteiger partial charge in [0.15, 0.2) is 0 Å². The molecule has 0 aliphatic carbocycles. The van der Waals surface area contributed by atoms with Gasteiger partial charge in [-0.3, -0.25) is 0 Å². The van der Waals surface area contributed by atoms with Crippen LogP contribution in [0, 0.1) is 0 Å². The second-order valence-electron chi connectivity index (χ2n) is 2.13. The normalized spacial score (nSPS) is 13.5. The molecular weight excluding hydrogens is 150 g/mol. The zero-order chi connectivity index (χ0) is 7.56. The molecule has 0 aliphatic heterocycles. The molecule has 0 aromatic carbocycles. The van der Waals surface area contributed by atoms with Gasteiger partial charge in [-0.05, 0) is 6.92 Å². The van der Waals surface area contributed by atoms with Crippen molar-refractivity contribution in [2.45, 2.75) is 25.6 Å². The molecule has 0 fully saturated rings. The van der Waals surface area contributed by atoms with Crippen LogP contribution >= 0.6 is 11.6 Å². The Hall–Kier alpha value is -0.500. The molecule has 0 N–H and O–H groups in total. The molecule has 1 atom stereocenters. The molecule has 0 bridgehead atoms. The number of rotatable bonds is 2. The maximum absolute atomic E-state index is 5.72. The van der Waals surface area contributed by atoms with Crippen LogP contribution in [0.1, 0.15) is 30.9 Å². The maximum Gasteiger partial charge on any atom is 0.212 e. The minimum atomic E-state index is -0.125. The number of oxazole rings is 1. The average molecular weight is 160 g/mol. The summed E-state index contributed by atoms with van der Waals surface area (Å²) in [6.07, 6.45) is 2.59. The van der Waals surface area contributed by atoms with Gasteiger partial charge >= 0.3 is 0 Å². The number of aryl methyl sites for hydroxylation is 1. The first kappa shape index (κ1) is 7.61. The highest BCUT2D eigenvalue weighted by atomic mass is 35.5. The third-order valence-electron chi connectivity index (χ3n) is 1.26. The van der Waals surface area contributed by atoms with Crippen LogP contribution in [-0.2, 0) is 6.42 Å². The predicted octanol–water partition coefficient (Wildman–Crippen LogP) is 2.54. The Balaban J connectivity index is 2.78. The van der Waals surface area contributed by atoms with E-state index in [1.165, 1.54) is 0 Å². The van der Waals surface area contributed by atoms with E-state index in [1.54, 1.807) is 6.20 Å². The number of alkyl halides is 1. The molecular formula is C7H10ClNO. The average Bonchev–Trinajstić information content (AvgIpc) is 2.34. The van der Waals surface area contributed by atoms with Crippen LogP contribution in [0.25, 0.3) is 0 Å². The summed E-state index contributed by atoms with van der Waals surface area (Å²) in [5.41, 5.74) is 0. The number of halogens is 1. The van der Waals surface area contributed by atoms with Crippen molar-refractivity contribution in [2.75, 3.05) is 0 Å². The smallest absolute Gasteiger partial charge is 0.212 e. The van der Waals surface area contributed by atoms with Crippen molar-refractivity contribution < 1.29 is 4.42 Å². The highest BCUT2D eigenvalue weighted by Crippen LogP contribution is 2.18. The molecule has 0 aliphatic rings. The fraction of sp³-hybridized carbons (Fsp3) is 0.571. The predicted molar refractivity (Wildman–Crippen MR) is 40.1 cm³/mol. The molecule has 1 aromatic heterocycles. The first-order valence-electron chi connectivity index (χ1n) is 3.32. The van der Waals surface area contributed by atoms with Gasteiger partial charge in [0, 0.05) is 6.42 Å². The lowest BCUT2D eigenvalue weighted by molar-refractivity contribution is 0.459. The molecule has 1 rings (SSSR count). The van der Waals surface area contributed by atoms with Crippen LogP contribution in [0.5, 0.6) is 0 Å². The van der Waals surface area contributed by atoms with E-state index in [9.17, 15) is 0 Å². The summed E-state index contributed by atoms with van der Waals surface area (Å²) in [5.74, 6) is 1.50. The van der Waals surface area contributed by atoms with Crippen LogP contribution in [-0.4, -0.2) is 4.98 Å². The molecule has 1 heterocycles. The molecule has 3 heteroatoms. The highest BCUT2D eigenvalue weighted by Gasteiger charge is 2.07. The van der Waals surface area contributed by atoms with Gasteiger partial charge in [-0.1, -0.05) is 6.92 Å². The zero-order valence-corrected chi connectivity index (χ0v) is 6.85. The summed E-state index contributed by atoms with van der Waals surface area (Å²) in [4.78, 5) is 3.99. The van der Waals surface area contributed by atoms with Gasteiger partial charge in [-0.15, -0.1) is 11.6 Å². The van der Waals surface area contributed by atoms with Gasteiger partial charge in [0.25, 0.3) is 0 Å². The van der Waals surface area contributed by atoms with E-state index in [4.69, 9.17) is 16.0 Å². The minimum Gasteiger partial charge on any atom is -0.444 e. The third kappa shape index (κ3) is 1.51. The van der Waals surface area contributed by atoms with E-state index in [0.717, 1.165) is 12.2 Å². The van der Waals surface area contributed by atoms with E-state index in [2.05, 4.69) is 4.98 Å².